The third-order valence-corrected chi connectivity index (χ3v) is 3.80. The van der Waals surface area contributed by atoms with Gasteiger partial charge in [0.05, 0.1) is 7.05 Å². The van der Waals surface area contributed by atoms with Crippen molar-refractivity contribution in [1.82, 2.24) is 9.47 Å². The van der Waals surface area contributed by atoms with E-state index in [2.05, 4.69) is 6.92 Å². The molecule has 0 aromatic carbocycles. The molecule has 4 nitrogen and oxygen atoms in total. The SMILES string of the molecule is CCCC1CCCN(C(=O)n2cc[n+](C)c2)CC1.[I-]. The first-order valence-electron chi connectivity index (χ1n) is 7.03. The van der Waals surface area contributed by atoms with Crippen LogP contribution in [0.25, 0.3) is 0 Å². The summed E-state index contributed by atoms with van der Waals surface area (Å²) in [5.41, 5.74) is 0. The summed E-state index contributed by atoms with van der Waals surface area (Å²) in [5.74, 6) is 0.813. The minimum Gasteiger partial charge on any atom is -1.00 e. The summed E-state index contributed by atoms with van der Waals surface area (Å²) >= 11 is 0. The average Bonchev–Trinajstić information content (AvgIpc) is 2.65. The van der Waals surface area contributed by atoms with Crippen molar-refractivity contribution in [3.8, 4) is 0 Å². The lowest BCUT2D eigenvalue weighted by atomic mass is 9.96. The number of imidazole rings is 1. The van der Waals surface area contributed by atoms with Gasteiger partial charge < -0.3 is 28.9 Å². The smallest absolute Gasteiger partial charge is 0.415 e. The Balaban J connectivity index is 0.00000180. The molecule has 1 aromatic heterocycles. The van der Waals surface area contributed by atoms with Crippen molar-refractivity contribution in [2.75, 3.05) is 13.1 Å². The highest BCUT2D eigenvalue weighted by Crippen LogP contribution is 2.22. The number of rotatable bonds is 2. The van der Waals surface area contributed by atoms with Gasteiger partial charge in [-0.25, -0.2) is 9.36 Å². The van der Waals surface area contributed by atoms with Gasteiger partial charge >= 0.3 is 6.03 Å². The molecule has 19 heavy (non-hydrogen) atoms. The van der Waals surface area contributed by atoms with E-state index in [1.54, 1.807) is 4.57 Å². The van der Waals surface area contributed by atoms with E-state index in [9.17, 15) is 4.79 Å². The van der Waals surface area contributed by atoms with Gasteiger partial charge in [-0.15, -0.1) is 0 Å². The molecule has 2 heterocycles. The van der Waals surface area contributed by atoms with Crippen molar-refractivity contribution in [1.29, 1.82) is 0 Å². The Bertz CT molecular complexity index is 405. The van der Waals surface area contributed by atoms with Crippen molar-refractivity contribution in [3.63, 3.8) is 0 Å². The summed E-state index contributed by atoms with van der Waals surface area (Å²) in [5, 5.41) is 0. The predicted octanol–water partition coefficient (Wildman–Crippen LogP) is -0.813. The van der Waals surface area contributed by atoms with Crippen molar-refractivity contribution in [2.24, 2.45) is 13.0 Å². The molecule has 5 heteroatoms. The van der Waals surface area contributed by atoms with E-state index >= 15 is 0 Å². The molecule has 0 spiro atoms. The average molecular weight is 377 g/mol. The van der Waals surface area contributed by atoms with Crippen LogP contribution in [0.1, 0.15) is 39.0 Å². The number of nitrogens with zero attached hydrogens (tertiary/aromatic N) is 3. The highest BCUT2D eigenvalue weighted by Gasteiger charge is 2.24. The molecule has 0 N–H and O–H groups in total. The molecular formula is C14H24IN3O. The van der Waals surface area contributed by atoms with E-state index in [0.29, 0.717) is 0 Å². The molecule has 1 unspecified atom stereocenters. The highest BCUT2D eigenvalue weighted by atomic mass is 127. The Kier molecular flexibility index (Phi) is 6.82. The Morgan fingerprint density at radius 2 is 2.16 bits per heavy atom. The minimum atomic E-state index is 0. The molecule has 1 aliphatic heterocycles. The van der Waals surface area contributed by atoms with Crippen molar-refractivity contribution in [2.45, 2.75) is 39.0 Å². The van der Waals surface area contributed by atoms with Crippen LogP contribution in [-0.4, -0.2) is 28.6 Å². The first-order valence-corrected chi connectivity index (χ1v) is 7.03. The number of hydrogen-bond acceptors (Lipinski definition) is 1. The number of amides is 1. The van der Waals surface area contributed by atoms with Gasteiger partial charge in [0.2, 0.25) is 0 Å². The molecule has 1 atom stereocenters. The fourth-order valence-electron chi connectivity index (χ4n) is 2.78. The molecule has 2 rings (SSSR count). The maximum atomic E-state index is 12.3. The summed E-state index contributed by atoms with van der Waals surface area (Å²) in [6, 6.07) is 0.118. The minimum absolute atomic E-state index is 0. The fourth-order valence-corrected chi connectivity index (χ4v) is 2.78. The van der Waals surface area contributed by atoms with Gasteiger partial charge in [0.25, 0.3) is 6.33 Å². The van der Waals surface area contributed by atoms with E-state index in [1.165, 1.54) is 19.3 Å². The first kappa shape index (κ1) is 16.5. The van der Waals surface area contributed by atoms with Gasteiger partial charge in [-0.1, -0.05) is 19.8 Å². The van der Waals surface area contributed by atoms with E-state index in [0.717, 1.165) is 31.8 Å². The van der Waals surface area contributed by atoms with Gasteiger partial charge in [0.1, 0.15) is 12.4 Å². The second-order valence-electron chi connectivity index (χ2n) is 5.34. The van der Waals surface area contributed by atoms with Crippen LogP contribution < -0.4 is 28.5 Å². The van der Waals surface area contributed by atoms with E-state index < -0.39 is 0 Å². The van der Waals surface area contributed by atoms with Gasteiger partial charge in [0, 0.05) is 13.1 Å². The second-order valence-corrected chi connectivity index (χ2v) is 5.34. The van der Waals surface area contributed by atoms with Crippen LogP contribution in [0.4, 0.5) is 4.79 Å². The number of likely N-dealkylation sites (tertiary alicyclic amines) is 1. The summed E-state index contributed by atoms with van der Waals surface area (Å²) in [6.45, 7) is 4.06. The molecular weight excluding hydrogens is 353 g/mol. The normalized spacial score (nSPS) is 19.7. The highest BCUT2D eigenvalue weighted by molar-refractivity contribution is 5.76. The number of carbonyl (C=O) groups excluding carboxylic acids is 1. The first-order chi connectivity index (χ1) is 8.70. The van der Waals surface area contributed by atoms with E-state index in [-0.39, 0.29) is 30.0 Å². The number of aryl methyl sites for hydroxylation is 1. The van der Waals surface area contributed by atoms with Crippen LogP contribution in [0.2, 0.25) is 0 Å². The van der Waals surface area contributed by atoms with Gasteiger partial charge in [-0.3, -0.25) is 0 Å². The largest absolute Gasteiger partial charge is 1.00 e. The Morgan fingerprint density at radius 3 is 2.79 bits per heavy atom. The van der Waals surface area contributed by atoms with Gasteiger partial charge in [-0.2, -0.15) is 4.57 Å². The Morgan fingerprint density at radius 1 is 1.37 bits per heavy atom. The molecule has 1 saturated heterocycles. The van der Waals surface area contributed by atoms with Crippen molar-refractivity contribution in [3.05, 3.63) is 18.7 Å². The molecule has 1 amide bonds. The maximum absolute atomic E-state index is 12.3. The van der Waals surface area contributed by atoms with Crippen LogP contribution in [0.5, 0.6) is 0 Å². The number of halogens is 1. The van der Waals surface area contributed by atoms with E-state index in [4.69, 9.17) is 0 Å². The molecule has 0 aliphatic carbocycles. The third kappa shape index (κ3) is 4.47. The van der Waals surface area contributed by atoms with Crippen LogP contribution in [0, 0.1) is 5.92 Å². The predicted molar refractivity (Wildman–Crippen MR) is 70.2 cm³/mol. The van der Waals surface area contributed by atoms with Gasteiger partial charge in [0.15, 0.2) is 0 Å². The quantitative estimate of drug-likeness (QED) is 0.490. The van der Waals surface area contributed by atoms with Crippen LogP contribution in [-0.2, 0) is 7.05 Å². The van der Waals surface area contributed by atoms with Crippen LogP contribution in [0.15, 0.2) is 18.7 Å². The second kappa shape index (κ2) is 7.87. The Labute approximate surface area is 132 Å². The topological polar surface area (TPSA) is 29.1 Å². The summed E-state index contributed by atoms with van der Waals surface area (Å²) in [6.07, 6.45) is 11.7. The zero-order chi connectivity index (χ0) is 13.0. The zero-order valence-corrected chi connectivity index (χ0v) is 14.0. The van der Waals surface area contributed by atoms with Crippen LogP contribution in [0.3, 0.4) is 0 Å². The summed E-state index contributed by atoms with van der Waals surface area (Å²) < 4.78 is 3.58. The molecule has 0 bridgehead atoms. The molecule has 0 saturated carbocycles. The number of hydrogen-bond donors (Lipinski definition) is 0. The molecule has 1 aliphatic rings. The zero-order valence-electron chi connectivity index (χ0n) is 11.9. The lowest BCUT2D eigenvalue weighted by molar-refractivity contribution is -0.670. The van der Waals surface area contributed by atoms with Crippen LogP contribution >= 0.6 is 0 Å². The molecule has 1 aromatic rings. The summed E-state index contributed by atoms with van der Waals surface area (Å²) in [4.78, 5) is 14.3. The van der Waals surface area contributed by atoms with Crippen molar-refractivity contribution < 1.29 is 33.3 Å². The van der Waals surface area contributed by atoms with Gasteiger partial charge in [-0.05, 0) is 25.2 Å². The van der Waals surface area contributed by atoms with Crippen molar-refractivity contribution >= 4 is 6.03 Å². The standard InChI is InChI=1S/C14H24N3O.HI/c1-3-5-13-6-4-8-16(9-7-13)14(18)17-11-10-15(2)12-17;/h10-13H,3-9H2,1-2H3;1H/q+1;/p-1. The molecule has 1 fully saturated rings. The maximum Gasteiger partial charge on any atom is 0.415 e. The third-order valence-electron chi connectivity index (χ3n) is 3.80. The number of aromatic nitrogens is 2. The summed E-state index contributed by atoms with van der Waals surface area (Å²) in [7, 11) is 1.93. The lowest BCUT2D eigenvalue weighted by Crippen LogP contribution is -3.00. The Hall–Kier alpha value is -0.590. The monoisotopic (exact) mass is 377 g/mol. The lowest BCUT2D eigenvalue weighted by Gasteiger charge is -2.17. The molecule has 108 valence electrons. The number of carbonyl (C=O) groups is 1. The van der Waals surface area contributed by atoms with E-state index in [1.807, 2.05) is 35.2 Å². The fraction of sp³-hybridized carbons (Fsp3) is 0.714. The molecule has 0 radical (unpaired) electrons.